The highest BCUT2D eigenvalue weighted by Crippen LogP contribution is 2.11. The molecule has 10 nitrogen and oxygen atoms in total. The average molecular weight is 402 g/mol. The van der Waals surface area contributed by atoms with E-state index in [1.54, 1.807) is 6.92 Å². The van der Waals surface area contributed by atoms with Gasteiger partial charge in [0.1, 0.15) is 18.1 Å². The van der Waals surface area contributed by atoms with Crippen molar-refractivity contribution in [2.45, 2.75) is 71.7 Å². The summed E-state index contributed by atoms with van der Waals surface area (Å²) in [5, 5.41) is 26.4. The fourth-order valence-electron chi connectivity index (χ4n) is 2.54. The second-order valence-electron chi connectivity index (χ2n) is 7.39. The lowest BCUT2D eigenvalue weighted by Crippen LogP contribution is -2.59. The van der Waals surface area contributed by atoms with Crippen molar-refractivity contribution in [1.82, 2.24) is 16.0 Å². The zero-order chi connectivity index (χ0) is 22.0. The summed E-state index contributed by atoms with van der Waals surface area (Å²) in [4.78, 5) is 48.1. The van der Waals surface area contributed by atoms with Crippen LogP contribution in [0.15, 0.2) is 0 Å². The van der Waals surface area contributed by atoms with Crippen LogP contribution in [0.1, 0.15) is 47.5 Å². The fourth-order valence-corrected chi connectivity index (χ4v) is 2.54. The molecule has 10 heteroatoms. The lowest BCUT2D eigenvalue weighted by Gasteiger charge is -2.27. The van der Waals surface area contributed by atoms with Gasteiger partial charge in [-0.1, -0.05) is 34.1 Å². The van der Waals surface area contributed by atoms with E-state index in [1.165, 1.54) is 6.92 Å². The number of aliphatic carboxylic acids is 1. The Morgan fingerprint density at radius 2 is 1.50 bits per heavy atom. The first-order chi connectivity index (χ1) is 12.9. The van der Waals surface area contributed by atoms with Gasteiger partial charge in [-0.05, 0) is 25.2 Å². The molecule has 0 rings (SSSR count). The van der Waals surface area contributed by atoms with E-state index in [4.69, 9.17) is 5.73 Å². The van der Waals surface area contributed by atoms with E-state index in [2.05, 4.69) is 16.0 Å². The summed E-state index contributed by atoms with van der Waals surface area (Å²) in [7, 11) is 0. The monoisotopic (exact) mass is 402 g/mol. The van der Waals surface area contributed by atoms with Gasteiger partial charge in [0.05, 0.1) is 12.6 Å². The topological polar surface area (TPSA) is 171 Å². The molecule has 0 aromatic carbocycles. The maximum absolute atomic E-state index is 12.7. The highest BCUT2D eigenvalue weighted by molar-refractivity contribution is 5.93. The van der Waals surface area contributed by atoms with Gasteiger partial charge in [0.2, 0.25) is 17.7 Å². The van der Waals surface area contributed by atoms with E-state index in [-0.39, 0.29) is 24.8 Å². The molecule has 0 bridgehead atoms. The van der Waals surface area contributed by atoms with Crippen molar-refractivity contribution in [2.75, 3.05) is 6.54 Å². The standard InChI is InChI=1S/C18H34N4O6/c1-6-10(4)14(18(27)28)22-16(25)12(7-9(2)3)20-17(26)15(11(5)23)21-13(24)8-19/h9-12,14-15,23H,6-8,19H2,1-5H3,(H,20,26)(H,21,24)(H,22,25)(H,27,28). The number of nitrogens with one attached hydrogen (secondary N) is 3. The second-order valence-corrected chi connectivity index (χ2v) is 7.39. The van der Waals surface area contributed by atoms with Gasteiger partial charge in [0, 0.05) is 0 Å². The van der Waals surface area contributed by atoms with E-state index in [0.717, 1.165) is 0 Å². The number of nitrogens with two attached hydrogens (primary N) is 1. The van der Waals surface area contributed by atoms with Crippen LogP contribution in [0.5, 0.6) is 0 Å². The Balaban J connectivity index is 5.38. The van der Waals surface area contributed by atoms with Crippen LogP contribution in [0.4, 0.5) is 0 Å². The van der Waals surface area contributed by atoms with Crippen LogP contribution in [-0.2, 0) is 19.2 Å². The Kier molecular flexibility index (Phi) is 11.3. The minimum atomic E-state index is -1.29. The lowest BCUT2D eigenvalue weighted by molar-refractivity contribution is -0.144. The van der Waals surface area contributed by atoms with E-state index in [1.807, 2.05) is 20.8 Å². The summed E-state index contributed by atoms with van der Waals surface area (Å²) in [6, 6.07) is -3.40. The van der Waals surface area contributed by atoms with Crippen LogP contribution in [-0.4, -0.2) is 64.7 Å². The molecule has 0 spiro atoms. The quantitative estimate of drug-likeness (QED) is 0.242. The molecule has 0 saturated heterocycles. The molecular weight excluding hydrogens is 368 g/mol. The molecule has 3 amide bonds. The predicted molar refractivity (Wildman–Crippen MR) is 103 cm³/mol. The predicted octanol–water partition coefficient (Wildman–Crippen LogP) is -1.04. The Hall–Kier alpha value is -2.20. The first-order valence-corrected chi connectivity index (χ1v) is 9.45. The minimum Gasteiger partial charge on any atom is -0.480 e. The maximum atomic E-state index is 12.7. The maximum Gasteiger partial charge on any atom is 0.326 e. The van der Waals surface area contributed by atoms with Gasteiger partial charge >= 0.3 is 5.97 Å². The van der Waals surface area contributed by atoms with Crippen molar-refractivity contribution in [3.63, 3.8) is 0 Å². The number of carboxylic acid groups (broad SMARTS) is 1. The van der Waals surface area contributed by atoms with Gasteiger partial charge in [0.15, 0.2) is 0 Å². The summed E-state index contributed by atoms with van der Waals surface area (Å²) in [5.41, 5.74) is 5.22. The zero-order valence-electron chi connectivity index (χ0n) is 17.2. The summed E-state index contributed by atoms with van der Waals surface area (Å²) in [5.74, 6) is -3.46. The molecule has 0 aromatic rings. The third-order valence-electron chi connectivity index (χ3n) is 4.38. The highest BCUT2D eigenvalue weighted by Gasteiger charge is 2.32. The van der Waals surface area contributed by atoms with Crippen LogP contribution in [0, 0.1) is 11.8 Å². The van der Waals surface area contributed by atoms with E-state index >= 15 is 0 Å². The number of aliphatic hydroxyl groups is 1. The molecule has 7 N–H and O–H groups in total. The molecule has 28 heavy (non-hydrogen) atoms. The third-order valence-corrected chi connectivity index (χ3v) is 4.38. The minimum absolute atomic E-state index is 0.0200. The Labute approximate surface area is 165 Å². The lowest BCUT2D eigenvalue weighted by atomic mass is 9.97. The third kappa shape index (κ3) is 8.66. The van der Waals surface area contributed by atoms with Gasteiger partial charge in [0.25, 0.3) is 0 Å². The van der Waals surface area contributed by atoms with E-state index < -0.39 is 47.9 Å². The molecule has 0 aliphatic rings. The molecule has 0 aliphatic carbocycles. The van der Waals surface area contributed by atoms with Crippen LogP contribution >= 0.6 is 0 Å². The van der Waals surface area contributed by atoms with Crippen molar-refractivity contribution in [1.29, 1.82) is 0 Å². The van der Waals surface area contributed by atoms with Crippen molar-refractivity contribution < 1.29 is 29.4 Å². The first kappa shape index (κ1) is 25.8. The first-order valence-electron chi connectivity index (χ1n) is 9.45. The number of rotatable bonds is 12. The molecule has 5 unspecified atom stereocenters. The Morgan fingerprint density at radius 3 is 1.89 bits per heavy atom. The van der Waals surface area contributed by atoms with Crippen LogP contribution in [0.25, 0.3) is 0 Å². The number of hydrogen-bond donors (Lipinski definition) is 6. The Bertz CT molecular complexity index is 552. The van der Waals surface area contributed by atoms with Crippen molar-refractivity contribution >= 4 is 23.7 Å². The summed E-state index contributed by atoms with van der Waals surface area (Å²) in [6.07, 6.45) is -0.416. The number of carboxylic acids is 1. The molecule has 0 aromatic heterocycles. The van der Waals surface area contributed by atoms with Crippen LogP contribution < -0.4 is 21.7 Å². The number of carbonyl (C=O) groups is 4. The van der Waals surface area contributed by atoms with Gasteiger partial charge in [-0.2, -0.15) is 0 Å². The Morgan fingerprint density at radius 1 is 0.929 bits per heavy atom. The molecule has 0 aliphatic heterocycles. The SMILES string of the molecule is CCC(C)C(NC(=O)C(CC(C)C)NC(=O)C(NC(=O)CN)C(C)O)C(=O)O. The number of amides is 3. The van der Waals surface area contributed by atoms with Gasteiger partial charge in [-0.25, -0.2) is 4.79 Å². The van der Waals surface area contributed by atoms with Crippen molar-refractivity contribution in [3.8, 4) is 0 Å². The largest absolute Gasteiger partial charge is 0.480 e. The number of hydrogen-bond acceptors (Lipinski definition) is 6. The van der Waals surface area contributed by atoms with Crippen LogP contribution in [0.2, 0.25) is 0 Å². The second kappa shape index (κ2) is 12.3. The van der Waals surface area contributed by atoms with E-state index in [9.17, 15) is 29.4 Å². The summed E-state index contributed by atoms with van der Waals surface area (Å²) >= 11 is 0. The van der Waals surface area contributed by atoms with Gasteiger partial charge in [-0.3, -0.25) is 14.4 Å². The smallest absolute Gasteiger partial charge is 0.326 e. The van der Waals surface area contributed by atoms with Crippen molar-refractivity contribution in [3.05, 3.63) is 0 Å². The molecule has 5 atom stereocenters. The van der Waals surface area contributed by atoms with Gasteiger partial charge in [-0.15, -0.1) is 0 Å². The molecule has 0 heterocycles. The molecular formula is C18H34N4O6. The molecule has 0 fully saturated rings. The normalized spacial score (nSPS) is 16.4. The van der Waals surface area contributed by atoms with Gasteiger partial charge < -0.3 is 31.9 Å². The van der Waals surface area contributed by atoms with Crippen LogP contribution in [0.3, 0.4) is 0 Å². The molecule has 0 saturated carbocycles. The molecule has 0 radical (unpaired) electrons. The summed E-state index contributed by atoms with van der Waals surface area (Å²) in [6.45, 7) is 8.17. The molecule has 162 valence electrons. The number of carbonyl (C=O) groups excluding carboxylic acids is 3. The fraction of sp³-hybridized carbons (Fsp3) is 0.778. The number of aliphatic hydroxyl groups excluding tert-OH is 1. The average Bonchev–Trinajstić information content (AvgIpc) is 2.61. The highest BCUT2D eigenvalue weighted by atomic mass is 16.4. The summed E-state index contributed by atoms with van der Waals surface area (Å²) < 4.78 is 0. The van der Waals surface area contributed by atoms with E-state index in [0.29, 0.717) is 6.42 Å². The van der Waals surface area contributed by atoms with Crippen molar-refractivity contribution in [2.24, 2.45) is 17.6 Å². The zero-order valence-corrected chi connectivity index (χ0v) is 17.2.